The second kappa shape index (κ2) is 3.14. The molecule has 0 aliphatic heterocycles. The predicted octanol–water partition coefficient (Wildman–Crippen LogP) is 0.209. The van der Waals surface area contributed by atoms with Crippen LogP contribution in [0.3, 0.4) is 0 Å². The molecule has 0 atom stereocenters. The number of rotatable bonds is 3. The molecule has 0 heterocycles. The van der Waals surface area contributed by atoms with Gasteiger partial charge in [0.05, 0.1) is 5.75 Å². The summed E-state index contributed by atoms with van der Waals surface area (Å²) in [5.41, 5.74) is 0. The second-order valence-corrected chi connectivity index (χ2v) is 3.34. The maximum absolute atomic E-state index is 10.6. The lowest BCUT2D eigenvalue weighted by molar-refractivity contribution is 0.00962. The highest BCUT2D eigenvalue weighted by Gasteiger charge is 2.14. The smallest absolute Gasteiger partial charge is 0.239 e. The Morgan fingerprint density at radius 2 is 2.11 bits per heavy atom. The Morgan fingerprint density at radius 1 is 1.67 bits per heavy atom. The monoisotopic (exact) mass is 152 g/mol. The van der Waals surface area contributed by atoms with Crippen molar-refractivity contribution in [3.63, 3.8) is 0 Å². The van der Waals surface area contributed by atoms with Gasteiger partial charge in [0.2, 0.25) is 10.0 Å². The summed E-state index contributed by atoms with van der Waals surface area (Å²) in [4.78, 5) is 0. The number of hydrogen-bond donors (Lipinski definition) is 1. The molecule has 1 radical (unpaired) electrons. The molecule has 0 unspecified atom stereocenters. The zero-order valence-corrected chi connectivity index (χ0v) is 6.22. The highest BCUT2D eigenvalue weighted by molar-refractivity contribution is 7.90. The SMILES string of the molecule is C[CH]S(=O)(=O)N(O)CC. The van der Waals surface area contributed by atoms with Crippen molar-refractivity contribution < 1.29 is 13.6 Å². The van der Waals surface area contributed by atoms with Gasteiger partial charge >= 0.3 is 0 Å². The van der Waals surface area contributed by atoms with E-state index in [4.69, 9.17) is 5.21 Å². The summed E-state index contributed by atoms with van der Waals surface area (Å²) in [6.07, 6.45) is 0. The summed E-state index contributed by atoms with van der Waals surface area (Å²) in [5, 5.41) is 8.60. The minimum Gasteiger partial charge on any atom is -0.299 e. The summed E-state index contributed by atoms with van der Waals surface area (Å²) in [7, 11) is -3.48. The quantitative estimate of drug-likeness (QED) is 0.588. The van der Waals surface area contributed by atoms with Gasteiger partial charge in [-0.05, 0) is 13.8 Å². The fourth-order valence-corrected chi connectivity index (χ4v) is 0.905. The van der Waals surface area contributed by atoms with Crippen LogP contribution in [0, 0.1) is 5.75 Å². The van der Waals surface area contributed by atoms with Gasteiger partial charge in [0, 0.05) is 6.54 Å². The lowest BCUT2D eigenvalue weighted by atomic mass is 10.8. The topological polar surface area (TPSA) is 57.6 Å². The fraction of sp³-hybridized carbons (Fsp3) is 0.750. The first-order valence-electron chi connectivity index (χ1n) is 2.55. The van der Waals surface area contributed by atoms with E-state index in [0.717, 1.165) is 5.75 Å². The van der Waals surface area contributed by atoms with Crippen molar-refractivity contribution in [2.45, 2.75) is 13.8 Å². The van der Waals surface area contributed by atoms with Crippen molar-refractivity contribution in [1.82, 2.24) is 4.47 Å². The largest absolute Gasteiger partial charge is 0.299 e. The number of sulfonamides is 1. The van der Waals surface area contributed by atoms with Gasteiger partial charge in [-0.15, -0.1) is 0 Å². The van der Waals surface area contributed by atoms with Gasteiger partial charge in [-0.2, -0.15) is 0 Å². The molecule has 0 aliphatic rings. The van der Waals surface area contributed by atoms with Crippen LogP contribution in [0.5, 0.6) is 0 Å². The maximum atomic E-state index is 10.6. The van der Waals surface area contributed by atoms with E-state index in [1.807, 2.05) is 0 Å². The first-order valence-corrected chi connectivity index (χ1v) is 4.06. The van der Waals surface area contributed by atoms with Crippen LogP contribution in [0.2, 0.25) is 0 Å². The van der Waals surface area contributed by atoms with Crippen LogP contribution < -0.4 is 0 Å². The molecule has 9 heavy (non-hydrogen) atoms. The average Bonchev–Trinajstić information content (AvgIpc) is 1.86. The van der Waals surface area contributed by atoms with Crippen molar-refractivity contribution in [3.05, 3.63) is 5.75 Å². The van der Waals surface area contributed by atoms with Gasteiger partial charge in [0.1, 0.15) is 0 Å². The standard InChI is InChI=1S/C4H10NO3S/c1-3-5(6)9(7,8)4-2/h4,6H,3H2,1-2H3. The normalized spacial score (nSPS) is 12.4. The van der Waals surface area contributed by atoms with Crippen LogP contribution in [0.25, 0.3) is 0 Å². The van der Waals surface area contributed by atoms with E-state index in [9.17, 15) is 8.42 Å². The van der Waals surface area contributed by atoms with E-state index in [1.165, 1.54) is 6.92 Å². The summed E-state index contributed by atoms with van der Waals surface area (Å²) in [6, 6.07) is 0. The third-order valence-corrected chi connectivity index (χ3v) is 2.30. The first-order chi connectivity index (χ1) is 4.04. The van der Waals surface area contributed by atoms with Crippen LogP contribution in [0.4, 0.5) is 0 Å². The number of nitrogens with zero attached hydrogens (tertiary/aromatic N) is 1. The predicted molar refractivity (Wildman–Crippen MR) is 33.1 cm³/mol. The Labute approximate surface area is 55.1 Å². The number of hydrogen-bond acceptors (Lipinski definition) is 3. The second-order valence-electron chi connectivity index (χ2n) is 1.42. The van der Waals surface area contributed by atoms with Crippen molar-refractivity contribution in [2.24, 2.45) is 0 Å². The summed E-state index contributed by atoms with van der Waals surface area (Å²) < 4.78 is 21.4. The molecule has 0 saturated heterocycles. The summed E-state index contributed by atoms with van der Waals surface area (Å²) in [6.45, 7) is 2.97. The Balaban J connectivity index is 4.17. The molecule has 5 heteroatoms. The van der Waals surface area contributed by atoms with Crippen molar-refractivity contribution in [3.8, 4) is 0 Å². The van der Waals surface area contributed by atoms with Crippen LogP contribution in [-0.2, 0) is 10.0 Å². The maximum Gasteiger partial charge on any atom is 0.239 e. The van der Waals surface area contributed by atoms with E-state index < -0.39 is 10.0 Å². The molecule has 1 N–H and O–H groups in total. The zero-order valence-electron chi connectivity index (χ0n) is 5.40. The molecule has 0 bridgehead atoms. The van der Waals surface area contributed by atoms with Crippen LogP contribution in [0.15, 0.2) is 0 Å². The Kier molecular flexibility index (Phi) is 3.10. The minimum atomic E-state index is -3.48. The van der Waals surface area contributed by atoms with E-state index in [0.29, 0.717) is 0 Å². The third kappa shape index (κ3) is 2.30. The molecule has 0 fully saturated rings. The molecule has 0 aromatic rings. The van der Waals surface area contributed by atoms with Gasteiger partial charge < -0.3 is 0 Å². The lowest BCUT2D eigenvalue weighted by Gasteiger charge is -2.09. The van der Waals surface area contributed by atoms with E-state index >= 15 is 0 Å². The average molecular weight is 152 g/mol. The molecule has 0 amide bonds. The molecular weight excluding hydrogens is 142 g/mol. The molecule has 0 spiro atoms. The highest BCUT2D eigenvalue weighted by atomic mass is 32.2. The van der Waals surface area contributed by atoms with Gasteiger partial charge in [-0.1, -0.05) is 4.47 Å². The first kappa shape index (κ1) is 8.87. The molecule has 4 nitrogen and oxygen atoms in total. The Bertz CT molecular complexity index is 163. The zero-order chi connectivity index (χ0) is 7.49. The summed E-state index contributed by atoms with van der Waals surface area (Å²) >= 11 is 0. The van der Waals surface area contributed by atoms with Gasteiger partial charge in [-0.3, -0.25) is 5.21 Å². The van der Waals surface area contributed by atoms with Crippen LogP contribution in [0.1, 0.15) is 13.8 Å². The molecule has 0 saturated carbocycles. The summed E-state index contributed by atoms with van der Waals surface area (Å²) in [5.74, 6) is 0.941. The number of hydroxylamine groups is 1. The molecule has 0 aromatic carbocycles. The highest BCUT2D eigenvalue weighted by Crippen LogP contribution is 1.98. The van der Waals surface area contributed by atoms with Gasteiger partial charge in [0.25, 0.3) is 0 Å². The van der Waals surface area contributed by atoms with Crippen molar-refractivity contribution in [2.75, 3.05) is 6.54 Å². The molecule has 55 valence electrons. The van der Waals surface area contributed by atoms with Gasteiger partial charge in [0.15, 0.2) is 0 Å². The van der Waals surface area contributed by atoms with E-state index in [-0.39, 0.29) is 11.0 Å². The van der Waals surface area contributed by atoms with Gasteiger partial charge in [-0.25, -0.2) is 8.42 Å². The Morgan fingerprint density at radius 3 is 2.22 bits per heavy atom. The molecule has 0 aliphatic carbocycles. The van der Waals surface area contributed by atoms with Crippen LogP contribution in [-0.4, -0.2) is 24.6 Å². The lowest BCUT2D eigenvalue weighted by Crippen LogP contribution is -2.26. The molecule has 0 rings (SSSR count). The van der Waals surface area contributed by atoms with E-state index in [2.05, 4.69) is 0 Å². The van der Waals surface area contributed by atoms with E-state index in [1.54, 1.807) is 6.92 Å². The minimum absolute atomic E-state index is 0.0761. The van der Waals surface area contributed by atoms with Crippen LogP contribution >= 0.6 is 0 Å². The Hall–Kier alpha value is -0.130. The molecular formula is C4H10NO3S. The van der Waals surface area contributed by atoms with Crippen molar-refractivity contribution >= 4 is 10.0 Å². The van der Waals surface area contributed by atoms with Crippen molar-refractivity contribution in [1.29, 1.82) is 0 Å². The third-order valence-electron chi connectivity index (χ3n) is 0.862. The fourth-order valence-electron chi connectivity index (χ4n) is 0.302. The molecule has 0 aromatic heterocycles.